The molecule has 0 saturated heterocycles. The number of aryl methyl sites for hydroxylation is 2. The Balaban J connectivity index is 0.000000195. The van der Waals surface area contributed by atoms with Gasteiger partial charge in [0.25, 0.3) is 0 Å². The van der Waals surface area contributed by atoms with Crippen LogP contribution in [0.3, 0.4) is 0 Å². The van der Waals surface area contributed by atoms with Crippen LogP contribution >= 0.6 is 17.0 Å². The molecule has 0 spiro atoms. The summed E-state index contributed by atoms with van der Waals surface area (Å²) in [5, 5.41) is 5.66. The Morgan fingerprint density at radius 2 is 0.897 bits per heavy atom. The van der Waals surface area contributed by atoms with Gasteiger partial charge in [-0.2, -0.15) is 12.1 Å². The molecule has 0 aliphatic heterocycles. The molecular weight excluding hydrogens is 839 g/mol. The van der Waals surface area contributed by atoms with E-state index in [2.05, 4.69) is 150 Å². The van der Waals surface area contributed by atoms with E-state index in [1.807, 2.05) is 0 Å². The van der Waals surface area contributed by atoms with Crippen LogP contribution in [0.25, 0.3) is 43.8 Å². The van der Waals surface area contributed by atoms with Crippen molar-refractivity contribution in [3.8, 4) is 22.3 Å². The summed E-state index contributed by atoms with van der Waals surface area (Å²) >= 11 is -0.826. The topological polar surface area (TPSA) is 0 Å². The van der Waals surface area contributed by atoms with Crippen LogP contribution in [-0.4, -0.2) is 9.52 Å². The van der Waals surface area contributed by atoms with Crippen molar-refractivity contribution in [3.63, 3.8) is 0 Å². The van der Waals surface area contributed by atoms with E-state index < -0.39 is 20.8 Å². The molecule has 0 unspecified atom stereocenters. The molecule has 0 amide bonds. The first-order valence-electron chi connectivity index (χ1n) is 22.3. The summed E-state index contributed by atoms with van der Waals surface area (Å²) in [4.78, 5) is 0. The first-order chi connectivity index (χ1) is 28.2. The summed E-state index contributed by atoms with van der Waals surface area (Å²) in [6.45, 7) is 13.3. The van der Waals surface area contributed by atoms with Gasteiger partial charge in [-0.3, -0.25) is 0 Å². The van der Waals surface area contributed by atoms with Gasteiger partial charge in [-0.25, -0.2) is 0 Å². The van der Waals surface area contributed by atoms with E-state index in [0.717, 1.165) is 9.52 Å². The van der Waals surface area contributed by atoms with Gasteiger partial charge in [0, 0.05) is 9.52 Å². The van der Waals surface area contributed by atoms with Gasteiger partial charge in [0.1, 0.15) is 0 Å². The number of benzene rings is 4. The summed E-state index contributed by atoms with van der Waals surface area (Å²) in [5.74, 6) is 0. The van der Waals surface area contributed by atoms with Crippen molar-refractivity contribution in [3.05, 3.63) is 131 Å². The molecule has 6 aromatic carbocycles. The molecule has 8 rings (SSSR count). The zero-order valence-corrected chi connectivity index (χ0v) is 41.4. The van der Waals surface area contributed by atoms with Crippen molar-refractivity contribution < 1.29 is 20.8 Å². The number of rotatable bonds is 10. The molecule has 6 aromatic rings. The van der Waals surface area contributed by atoms with Crippen LogP contribution in [0.5, 0.6) is 0 Å². The monoisotopic (exact) mass is 904 g/mol. The third-order valence-corrected chi connectivity index (χ3v) is 12.9. The van der Waals surface area contributed by atoms with E-state index in [4.69, 9.17) is 17.0 Å². The summed E-state index contributed by atoms with van der Waals surface area (Å²) in [5.41, 5.74) is 12.3. The van der Waals surface area contributed by atoms with Crippen molar-refractivity contribution in [1.29, 1.82) is 0 Å². The van der Waals surface area contributed by atoms with Crippen LogP contribution in [0.4, 0.5) is 0 Å². The fourth-order valence-electron chi connectivity index (χ4n) is 10.3. The van der Waals surface area contributed by atoms with E-state index in [1.165, 1.54) is 158 Å². The predicted molar refractivity (Wildman–Crippen MR) is 257 cm³/mol. The molecule has 2 saturated carbocycles. The molecule has 0 heterocycles. The Hall–Kier alpha value is -2.22. The Bertz CT molecular complexity index is 1910. The second kappa shape index (κ2) is 23.7. The minimum atomic E-state index is -0.826. The van der Waals surface area contributed by atoms with Gasteiger partial charge in [0.05, 0.1) is 0 Å². The third-order valence-electron chi connectivity index (χ3n) is 12.9. The Morgan fingerprint density at radius 3 is 1.22 bits per heavy atom. The summed E-state index contributed by atoms with van der Waals surface area (Å²) in [6, 6.07) is 41.3. The molecule has 2 aliphatic rings. The van der Waals surface area contributed by atoms with Gasteiger partial charge in [-0.05, 0) is 87.2 Å². The summed E-state index contributed by atoms with van der Waals surface area (Å²) in [7, 11) is 11.0. The van der Waals surface area contributed by atoms with Crippen molar-refractivity contribution in [2.45, 2.75) is 144 Å². The minimum absolute atomic E-state index is 0.557. The first-order valence-corrected chi connectivity index (χ1v) is 30.6. The SMILES string of the molecule is CCCC1(Cc2cc3c(-c4ccc(C)cc4)cccc3[cH-]2)CCCCC1.CCCC1(Cc2cc3c(-c4ccc(C)cc4)cccc3[cH-]2)CCCCC1.C[Si]C.[Cl][Zr+2][Cl]. The van der Waals surface area contributed by atoms with E-state index >= 15 is 0 Å². The van der Waals surface area contributed by atoms with Crippen molar-refractivity contribution >= 4 is 48.1 Å². The first kappa shape index (κ1) is 46.8. The summed E-state index contributed by atoms with van der Waals surface area (Å²) < 4.78 is 0. The van der Waals surface area contributed by atoms with Crippen LogP contribution in [0.1, 0.15) is 126 Å². The molecule has 58 heavy (non-hydrogen) atoms. The molecule has 0 aromatic heterocycles. The second-order valence-corrected chi connectivity index (χ2v) is 22.4. The molecule has 2 aliphatic carbocycles. The number of hydrogen-bond donors (Lipinski definition) is 0. The normalized spacial score (nSPS) is 15.6. The van der Waals surface area contributed by atoms with Gasteiger partial charge >= 0.3 is 37.9 Å². The Labute approximate surface area is 374 Å². The number of hydrogen-bond acceptors (Lipinski definition) is 0. The maximum atomic E-state index is 4.93. The molecule has 2 fully saturated rings. The average molecular weight is 907 g/mol. The van der Waals surface area contributed by atoms with Crippen LogP contribution < -0.4 is 0 Å². The zero-order chi connectivity index (χ0) is 41.4. The van der Waals surface area contributed by atoms with E-state index in [0.29, 0.717) is 10.8 Å². The van der Waals surface area contributed by atoms with Crippen LogP contribution in [0.15, 0.2) is 109 Å². The zero-order valence-electron chi connectivity index (χ0n) is 36.5. The predicted octanol–water partition coefficient (Wildman–Crippen LogP) is 17.8. The molecule has 2 radical (unpaired) electrons. The summed E-state index contributed by atoms with van der Waals surface area (Å²) in [6.07, 6.45) is 22.2. The molecule has 0 bridgehead atoms. The molecule has 306 valence electrons. The second-order valence-electron chi connectivity index (χ2n) is 17.6. The van der Waals surface area contributed by atoms with Crippen molar-refractivity contribution in [1.82, 2.24) is 0 Å². The van der Waals surface area contributed by atoms with E-state index in [-0.39, 0.29) is 0 Å². The number of fused-ring (bicyclic) bond motifs is 2. The van der Waals surface area contributed by atoms with Gasteiger partial charge < -0.3 is 0 Å². The van der Waals surface area contributed by atoms with Gasteiger partial charge in [0.15, 0.2) is 0 Å². The van der Waals surface area contributed by atoms with Crippen molar-refractivity contribution in [2.75, 3.05) is 0 Å². The standard InChI is InChI=1S/2C26H31.C2H6Si.2ClH.Zr/c2*1-3-14-26(15-5-4-6-16-26)19-21-17-23-8-7-9-24(25(23)18-21)22-12-10-20(2)11-13-22;1-3-2;;;/h2*7-13,17-18H,3-6,14-16,19H2,1-2H3;1-2H3;2*1H;/q2*-1;;;;+4/p-2. The van der Waals surface area contributed by atoms with Crippen LogP contribution in [0, 0.1) is 24.7 Å². The van der Waals surface area contributed by atoms with Gasteiger partial charge in [-0.1, -0.05) is 161 Å². The van der Waals surface area contributed by atoms with Gasteiger partial charge in [-0.15, -0.1) is 69.1 Å². The van der Waals surface area contributed by atoms with Crippen molar-refractivity contribution in [2.24, 2.45) is 10.8 Å². The molecule has 0 atom stereocenters. The average Bonchev–Trinajstić information content (AvgIpc) is 3.83. The van der Waals surface area contributed by atoms with E-state index in [9.17, 15) is 0 Å². The quantitative estimate of drug-likeness (QED) is 0.0949. The van der Waals surface area contributed by atoms with Crippen LogP contribution in [0.2, 0.25) is 13.1 Å². The number of halogens is 2. The van der Waals surface area contributed by atoms with Crippen LogP contribution in [-0.2, 0) is 33.7 Å². The Kier molecular flexibility index (Phi) is 19.1. The van der Waals surface area contributed by atoms with E-state index in [1.54, 1.807) is 11.1 Å². The Morgan fingerprint density at radius 1 is 0.552 bits per heavy atom. The molecule has 0 N–H and O–H groups in total. The molecule has 4 heteroatoms. The molecule has 0 nitrogen and oxygen atoms in total. The maximum absolute atomic E-state index is 4.93. The fraction of sp³-hybridized carbons (Fsp3) is 0.444. The molecular formula is C54H68Cl2SiZr. The third kappa shape index (κ3) is 12.9. The fourth-order valence-corrected chi connectivity index (χ4v) is 10.3. The van der Waals surface area contributed by atoms with Gasteiger partial charge in [0.2, 0.25) is 0 Å².